The summed E-state index contributed by atoms with van der Waals surface area (Å²) in [6.45, 7) is 1.72. The summed E-state index contributed by atoms with van der Waals surface area (Å²) in [5.41, 5.74) is 0.356. The average Bonchev–Trinajstić information content (AvgIpc) is 2.94. The van der Waals surface area contributed by atoms with E-state index < -0.39 is 5.82 Å². The van der Waals surface area contributed by atoms with Gasteiger partial charge in [0.1, 0.15) is 18.2 Å². The lowest BCUT2D eigenvalue weighted by Gasteiger charge is -2.14. The third-order valence-corrected chi connectivity index (χ3v) is 3.35. The monoisotopic (exact) mass is 296 g/mol. The number of carbonyl (C=O) groups excluding carboxylic acids is 1. The Morgan fingerprint density at radius 3 is 3.05 bits per heavy atom. The fourth-order valence-electron chi connectivity index (χ4n) is 2.32. The zero-order chi connectivity index (χ0) is 15.1. The van der Waals surface area contributed by atoms with Crippen LogP contribution in [0.15, 0.2) is 18.2 Å². The number of anilines is 1. The Hall–Kier alpha value is -1.66. The summed E-state index contributed by atoms with van der Waals surface area (Å²) in [6, 6.07) is 4.28. The minimum Gasteiger partial charge on any atom is -0.489 e. The molecule has 1 aromatic rings. The van der Waals surface area contributed by atoms with Crippen molar-refractivity contribution in [3.63, 3.8) is 0 Å². The van der Waals surface area contributed by atoms with Crippen LogP contribution >= 0.6 is 0 Å². The van der Waals surface area contributed by atoms with Gasteiger partial charge in [-0.1, -0.05) is 0 Å². The Morgan fingerprint density at radius 1 is 1.48 bits per heavy atom. The molecule has 21 heavy (non-hydrogen) atoms. The van der Waals surface area contributed by atoms with Gasteiger partial charge in [0.2, 0.25) is 5.91 Å². The van der Waals surface area contributed by atoms with Gasteiger partial charge >= 0.3 is 0 Å². The Kier molecular flexibility index (Phi) is 5.95. The molecule has 1 aromatic carbocycles. The van der Waals surface area contributed by atoms with Crippen LogP contribution < -0.4 is 15.4 Å². The van der Waals surface area contributed by atoms with Crippen molar-refractivity contribution >= 4 is 11.6 Å². The van der Waals surface area contributed by atoms with Crippen LogP contribution in [-0.2, 0) is 9.53 Å². The number of hydrogen-bond donors (Lipinski definition) is 2. The highest BCUT2D eigenvalue weighted by molar-refractivity contribution is 5.92. The van der Waals surface area contributed by atoms with Crippen LogP contribution in [0.2, 0.25) is 0 Å². The highest BCUT2D eigenvalue weighted by Crippen LogP contribution is 2.26. The third-order valence-electron chi connectivity index (χ3n) is 3.35. The van der Waals surface area contributed by atoms with Gasteiger partial charge in [-0.25, -0.2) is 4.39 Å². The summed E-state index contributed by atoms with van der Waals surface area (Å²) in [6.07, 6.45) is 2.46. The molecule has 0 aromatic heterocycles. The standard InChI is InChI=1S/C15H21FN2O3/c1-20-7-8-21-14-5-4-11(16)9-13(14)18-15(19)10-12-3-2-6-17-12/h4-5,9,12,17H,2-3,6-8,10H2,1H3,(H,18,19). The van der Waals surface area contributed by atoms with Gasteiger partial charge < -0.3 is 20.1 Å². The van der Waals surface area contributed by atoms with Crippen molar-refractivity contribution in [3.05, 3.63) is 24.0 Å². The van der Waals surface area contributed by atoms with E-state index in [0.29, 0.717) is 31.1 Å². The van der Waals surface area contributed by atoms with Gasteiger partial charge in [0, 0.05) is 25.6 Å². The van der Waals surface area contributed by atoms with E-state index in [1.807, 2.05) is 0 Å². The predicted molar refractivity (Wildman–Crippen MR) is 78.0 cm³/mol. The molecule has 1 heterocycles. The molecule has 0 radical (unpaired) electrons. The van der Waals surface area contributed by atoms with Gasteiger partial charge in [0.15, 0.2) is 0 Å². The zero-order valence-electron chi connectivity index (χ0n) is 12.2. The van der Waals surface area contributed by atoms with Gasteiger partial charge in [0.05, 0.1) is 12.3 Å². The molecule has 1 aliphatic heterocycles. The Morgan fingerprint density at radius 2 is 2.33 bits per heavy atom. The molecule has 5 nitrogen and oxygen atoms in total. The van der Waals surface area contributed by atoms with Crippen molar-refractivity contribution in [2.45, 2.75) is 25.3 Å². The number of rotatable bonds is 7. The highest BCUT2D eigenvalue weighted by atomic mass is 19.1. The molecular weight excluding hydrogens is 275 g/mol. The summed E-state index contributed by atoms with van der Waals surface area (Å²) in [5, 5.41) is 5.98. The SMILES string of the molecule is COCCOc1ccc(F)cc1NC(=O)CC1CCCN1. The second-order valence-electron chi connectivity index (χ2n) is 5.03. The first-order valence-corrected chi connectivity index (χ1v) is 7.13. The van der Waals surface area contributed by atoms with Crippen molar-refractivity contribution in [3.8, 4) is 5.75 Å². The summed E-state index contributed by atoms with van der Waals surface area (Å²) in [7, 11) is 1.57. The fourth-order valence-corrected chi connectivity index (χ4v) is 2.32. The smallest absolute Gasteiger partial charge is 0.226 e. The fraction of sp³-hybridized carbons (Fsp3) is 0.533. The van der Waals surface area contributed by atoms with Crippen molar-refractivity contribution in [2.24, 2.45) is 0 Å². The summed E-state index contributed by atoms with van der Waals surface area (Å²) < 4.78 is 23.7. The number of ether oxygens (including phenoxy) is 2. The van der Waals surface area contributed by atoms with E-state index in [1.54, 1.807) is 7.11 Å². The Labute approximate surface area is 123 Å². The average molecular weight is 296 g/mol. The van der Waals surface area contributed by atoms with Crippen LogP contribution in [0, 0.1) is 5.82 Å². The van der Waals surface area contributed by atoms with Gasteiger partial charge in [-0.3, -0.25) is 4.79 Å². The largest absolute Gasteiger partial charge is 0.489 e. The normalized spacial score (nSPS) is 17.7. The molecule has 1 amide bonds. The minimum atomic E-state index is -0.414. The van der Waals surface area contributed by atoms with Crippen LogP contribution in [0.4, 0.5) is 10.1 Å². The molecule has 1 saturated heterocycles. The van der Waals surface area contributed by atoms with E-state index in [9.17, 15) is 9.18 Å². The Balaban J connectivity index is 1.95. The van der Waals surface area contributed by atoms with Crippen LogP contribution in [-0.4, -0.2) is 38.8 Å². The molecule has 2 N–H and O–H groups in total. The molecule has 6 heteroatoms. The maximum atomic E-state index is 13.3. The van der Waals surface area contributed by atoms with Crippen LogP contribution in [0.1, 0.15) is 19.3 Å². The van der Waals surface area contributed by atoms with Crippen molar-refractivity contribution in [1.29, 1.82) is 0 Å². The lowest BCUT2D eigenvalue weighted by atomic mass is 10.1. The molecule has 0 bridgehead atoms. The predicted octanol–water partition coefficient (Wildman–Crippen LogP) is 1.93. The van der Waals surface area contributed by atoms with Crippen LogP contribution in [0.25, 0.3) is 0 Å². The van der Waals surface area contributed by atoms with E-state index >= 15 is 0 Å². The van der Waals surface area contributed by atoms with Crippen LogP contribution in [0.5, 0.6) is 5.75 Å². The van der Waals surface area contributed by atoms with Crippen LogP contribution in [0.3, 0.4) is 0 Å². The number of carbonyl (C=O) groups is 1. The number of benzene rings is 1. The second-order valence-corrected chi connectivity index (χ2v) is 5.03. The maximum absolute atomic E-state index is 13.3. The second kappa shape index (κ2) is 7.95. The first-order valence-electron chi connectivity index (χ1n) is 7.13. The minimum absolute atomic E-state index is 0.142. The topological polar surface area (TPSA) is 59.6 Å². The zero-order valence-corrected chi connectivity index (χ0v) is 12.2. The van der Waals surface area contributed by atoms with Gasteiger partial charge in [-0.2, -0.15) is 0 Å². The number of amides is 1. The summed E-state index contributed by atoms with van der Waals surface area (Å²) in [4.78, 5) is 12.0. The van der Waals surface area contributed by atoms with Gasteiger partial charge in [-0.05, 0) is 31.5 Å². The van der Waals surface area contributed by atoms with E-state index in [-0.39, 0.29) is 11.9 Å². The van der Waals surface area contributed by atoms with E-state index in [4.69, 9.17) is 9.47 Å². The highest BCUT2D eigenvalue weighted by Gasteiger charge is 2.18. The maximum Gasteiger partial charge on any atom is 0.226 e. The molecule has 116 valence electrons. The van der Waals surface area contributed by atoms with Gasteiger partial charge in [0.25, 0.3) is 0 Å². The molecule has 1 fully saturated rings. The first kappa shape index (κ1) is 15.7. The molecule has 1 atom stereocenters. The number of nitrogens with one attached hydrogen (secondary N) is 2. The molecule has 1 aliphatic rings. The lowest BCUT2D eigenvalue weighted by Crippen LogP contribution is -2.27. The van der Waals surface area contributed by atoms with E-state index in [0.717, 1.165) is 19.4 Å². The number of methoxy groups -OCH3 is 1. The molecule has 0 saturated carbocycles. The molecule has 0 aliphatic carbocycles. The number of hydrogen-bond acceptors (Lipinski definition) is 4. The van der Waals surface area contributed by atoms with E-state index in [1.165, 1.54) is 18.2 Å². The summed E-state index contributed by atoms with van der Waals surface area (Å²) in [5.74, 6) is -0.110. The quantitative estimate of drug-likeness (QED) is 0.755. The Bertz CT molecular complexity index is 476. The molecule has 2 rings (SSSR count). The van der Waals surface area contributed by atoms with E-state index in [2.05, 4.69) is 10.6 Å². The van der Waals surface area contributed by atoms with Crippen molar-refractivity contribution < 1.29 is 18.7 Å². The lowest BCUT2D eigenvalue weighted by molar-refractivity contribution is -0.116. The third kappa shape index (κ3) is 4.99. The molecular formula is C15H21FN2O3. The molecule has 0 spiro atoms. The van der Waals surface area contributed by atoms with Crippen molar-refractivity contribution in [1.82, 2.24) is 5.32 Å². The van der Waals surface area contributed by atoms with Gasteiger partial charge in [-0.15, -0.1) is 0 Å². The summed E-state index contributed by atoms with van der Waals surface area (Å²) >= 11 is 0. The molecule has 1 unspecified atom stereocenters. The first-order chi connectivity index (χ1) is 10.2. The number of halogens is 1. The van der Waals surface area contributed by atoms with Crippen molar-refractivity contribution in [2.75, 3.05) is 32.2 Å².